The Bertz CT molecular complexity index is 1230. The lowest BCUT2D eigenvalue weighted by molar-refractivity contribution is -0.123. The Hall–Kier alpha value is -3.82. The first kappa shape index (κ1) is 24.8. The Morgan fingerprint density at radius 2 is 1.85 bits per heavy atom. The summed E-state index contributed by atoms with van der Waals surface area (Å²) in [4.78, 5) is 25.5. The van der Waals surface area contributed by atoms with Crippen molar-refractivity contribution in [2.75, 3.05) is 6.61 Å². The van der Waals surface area contributed by atoms with Gasteiger partial charge in [0, 0.05) is 16.1 Å². The number of hydrazone groups is 1. The fourth-order valence-electron chi connectivity index (χ4n) is 3.44. The minimum atomic E-state index is -0.759. The third-order valence-corrected chi connectivity index (χ3v) is 5.30. The molecule has 0 aliphatic heterocycles. The van der Waals surface area contributed by atoms with E-state index in [1.807, 2.05) is 50.2 Å². The van der Waals surface area contributed by atoms with Gasteiger partial charge in [-0.1, -0.05) is 61.7 Å². The first-order chi connectivity index (χ1) is 16.4. The molecule has 3 aromatic rings. The van der Waals surface area contributed by atoms with E-state index in [0.717, 1.165) is 10.8 Å². The van der Waals surface area contributed by atoms with Crippen LogP contribution in [0.3, 0.4) is 0 Å². The normalized spacial score (nSPS) is 11.9. The van der Waals surface area contributed by atoms with E-state index in [9.17, 15) is 9.59 Å². The van der Waals surface area contributed by atoms with Gasteiger partial charge in [0.05, 0.1) is 6.21 Å². The molecule has 0 bridgehead atoms. The highest BCUT2D eigenvalue weighted by atomic mass is 35.5. The van der Waals surface area contributed by atoms with Gasteiger partial charge in [0.15, 0.2) is 0 Å². The molecule has 0 saturated heterocycles. The lowest BCUT2D eigenvalue weighted by Gasteiger charge is -2.19. The van der Waals surface area contributed by atoms with Gasteiger partial charge in [-0.3, -0.25) is 9.59 Å². The SMILES string of the molecule is C#CCOc1ccc2ccccc2c1C=NNC(=O)C(CC(C)C)NC(=O)c1ccc(Cl)cc1. The second-order valence-electron chi connectivity index (χ2n) is 8.09. The first-order valence-corrected chi connectivity index (χ1v) is 11.2. The number of carbonyl (C=O) groups is 2. The number of carbonyl (C=O) groups excluding carboxylic acids is 2. The van der Waals surface area contributed by atoms with Gasteiger partial charge >= 0.3 is 0 Å². The predicted octanol–water partition coefficient (Wildman–Crippen LogP) is 4.80. The molecule has 174 valence electrons. The fraction of sp³-hybridized carbons (Fsp3) is 0.222. The zero-order valence-electron chi connectivity index (χ0n) is 19.0. The van der Waals surface area contributed by atoms with Crippen molar-refractivity contribution in [1.82, 2.24) is 10.7 Å². The van der Waals surface area contributed by atoms with E-state index in [-0.39, 0.29) is 18.4 Å². The quantitative estimate of drug-likeness (QED) is 0.265. The fourth-order valence-corrected chi connectivity index (χ4v) is 3.56. The van der Waals surface area contributed by atoms with Gasteiger partial charge in [0.25, 0.3) is 11.8 Å². The van der Waals surface area contributed by atoms with Crippen molar-refractivity contribution in [3.63, 3.8) is 0 Å². The lowest BCUT2D eigenvalue weighted by atomic mass is 10.0. The van der Waals surface area contributed by atoms with Gasteiger partial charge in [-0.25, -0.2) is 5.43 Å². The van der Waals surface area contributed by atoms with Crippen LogP contribution in [0.1, 0.15) is 36.2 Å². The number of halogens is 1. The molecule has 0 fully saturated rings. The van der Waals surface area contributed by atoms with Crippen molar-refractivity contribution in [2.45, 2.75) is 26.3 Å². The number of rotatable bonds is 9. The summed E-state index contributed by atoms with van der Waals surface area (Å²) >= 11 is 5.89. The average Bonchev–Trinajstić information content (AvgIpc) is 2.82. The molecule has 0 aliphatic carbocycles. The molecule has 34 heavy (non-hydrogen) atoms. The van der Waals surface area contributed by atoms with Crippen LogP contribution in [0.4, 0.5) is 0 Å². The van der Waals surface area contributed by atoms with Gasteiger partial charge in [0.1, 0.15) is 18.4 Å². The minimum absolute atomic E-state index is 0.110. The van der Waals surface area contributed by atoms with Crippen molar-refractivity contribution in [2.24, 2.45) is 11.0 Å². The summed E-state index contributed by atoms with van der Waals surface area (Å²) in [6, 6.07) is 17.2. The number of hydrogen-bond acceptors (Lipinski definition) is 4. The molecule has 0 aliphatic rings. The van der Waals surface area contributed by atoms with Crippen molar-refractivity contribution in [1.29, 1.82) is 0 Å². The van der Waals surface area contributed by atoms with Crippen molar-refractivity contribution < 1.29 is 14.3 Å². The van der Waals surface area contributed by atoms with E-state index >= 15 is 0 Å². The maximum atomic E-state index is 12.9. The third kappa shape index (κ3) is 6.60. The molecule has 0 saturated carbocycles. The monoisotopic (exact) mass is 475 g/mol. The smallest absolute Gasteiger partial charge is 0.262 e. The van der Waals surface area contributed by atoms with Gasteiger partial charge in [0.2, 0.25) is 0 Å². The van der Waals surface area contributed by atoms with Crippen LogP contribution in [0.25, 0.3) is 10.8 Å². The van der Waals surface area contributed by atoms with E-state index in [1.54, 1.807) is 24.3 Å². The maximum Gasteiger partial charge on any atom is 0.262 e. The molecule has 3 aromatic carbocycles. The molecular formula is C27H26ClN3O3. The van der Waals surface area contributed by atoms with Gasteiger partial charge in [-0.2, -0.15) is 5.10 Å². The highest BCUT2D eigenvalue weighted by Crippen LogP contribution is 2.26. The summed E-state index contributed by atoms with van der Waals surface area (Å²) in [7, 11) is 0. The van der Waals surface area contributed by atoms with Crippen LogP contribution in [0, 0.1) is 18.3 Å². The van der Waals surface area contributed by atoms with E-state index < -0.39 is 11.9 Å². The van der Waals surface area contributed by atoms with Crippen LogP contribution >= 0.6 is 11.6 Å². The van der Waals surface area contributed by atoms with Crippen LogP contribution in [0.5, 0.6) is 5.75 Å². The molecule has 2 N–H and O–H groups in total. The van der Waals surface area contributed by atoms with Crippen LogP contribution in [-0.4, -0.2) is 30.7 Å². The zero-order chi connectivity index (χ0) is 24.5. The Balaban J connectivity index is 1.78. The maximum absolute atomic E-state index is 12.9. The second kappa shape index (κ2) is 11.9. The molecule has 0 heterocycles. The topological polar surface area (TPSA) is 79.8 Å². The third-order valence-electron chi connectivity index (χ3n) is 5.05. The predicted molar refractivity (Wildman–Crippen MR) is 136 cm³/mol. The van der Waals surface area contributed by atoms with Gasteiger partial charge < -0.3 is 10.1 Å². The summed E-state index contributed by atoms with van der Waals surface area (Å²) in [6.07, 6.45) is 7.31. The molecule has 6 nitrogen and oxygen atoms in total. The average molecular weight is 476 g/mol. The minimum Gasteiger partial charge on any atom is -0.480 e. The summed E-state index contributed by atoms with van der Waals surface area (Å²) in [5, 5.41) is 9.37. The lowest BCUT2D eigenvalue weighted by Crippen LogP contribution is -2.46. The summed E-state index contributed by atoms with van der Waals surface area (Å²) < 4.78 is 5.66. The Labute approximate surface area is 204 Å². The van der Waals surface area contributed by atoms with Crippen molar-refractivity contribution >= 4 is 40.4 Å². The first-order valence-electron chi connectivity index (χ1n) is 10.9. The van der Waals surface area contributed by atoms with E-state index in [1.165, 1.54) is 6.21 Å². The molecule has 0 aromatic heterocycles. The van der Waals surface area contributed by atoms with Crippen LogP contribution in [0.2, 0.25) is 5.02 Å². The van der Waals surface area contributed by atoms with Crippen molar-refractivity contribution in [3.8, 4) is 18.1 Å². The van der Waals surface area contributed by atoms with E-state index in [0.29, 0.717) is 28.3 Å². The Morgan fingerprint density at radius 3 is 2.56 bits per heavy atom. The number of hydrogen-bond donors (Lipinski definition) is 2. The summed E-state index contributed by atoms with van der Waals surface area (Å²) in [5.41, 5.74) is 3.66. The number of terminal acetylenes is 1. The van der Waals surface area contributed by atoms with Crippen molar-refractivity contribution in [3.05, 3.63) is 76.8 Å². The van der Waals surface area contributed by atoms with Crippen LogP contribution < -0.4 is 15.5 Å². The van der Waals surface area contributed by atoms with Crippen LogP contribution in [0.15, 0.2) is 65.8 Å². The molecule has 1 atom stereocenters. The highest BCUT2D eigenvalue weighted by molar-refractivity contribution is 6.30. The molecule has 0 radical (unpaired) electrons. The molecule has 3 rings (SSSR count). The standard InChI is InChI=1S/C27H26ClN3O3/c1-4-15-34-25-14-11-19-7-5-6-8-22(19)23(25)17-29-31-27(33)24(16-18(2)3)30-26(32)20-9-12-21(28)13-10-20/h1,5-14,17-18,24H,15-16H2,2-3H3,(H,30,32)(H,31,33). The molecule has 0 spiro atoms. The number of nitrogens with zero attached hydrogens (tertiary/aromatic N) is 1. The zero-order valence-corrected chi connectivity index (χ0v) is 19.8. The number of amides is 2. The largest absolute Gasteiger partial charge is 0.480 e. The van der Waals surface area contributed by atoms with E-state index in [2.05, 4.69) is 21.8 Å². The highest BCUT2D eigenvalue weighted by Gasteiger charge is 2.22. The second-order valence-corrected chi connectivity index (χ2v) is 8.52. The summed E-state index contributed by atoms with van der Waals surface area (Å²) in [6.45, 7) is 4.06. The molecular weight excluding hydrogens is 450 g/mol. The molecule has 2 amide bonds. The van der Waals surface area contributed by atoms with Gasteiger partial charge in [-0.15, -0.1) is 6.42 Å². The number of fused-ring (bicyclic) bond motifs is 1. The molecule has 1 unspecified atom stereocenters. The number of benzene rings is 3. The summed E-state index contributed by atoms with van der Waals surface area (Å²) in [5.74, 6) is 2.40. The Kier molecular flexibility index (Phi) is 8.66. The van der Waals surface area contributed by atoms with Crippen LogP contribution in [-0.2, 0) is 4.79 Å². The number of nitrogens with one attached hydrogen (secondary N) is 2. The molecule has 7 heteroatoms. The van der Waals surface area contributed by atoms with Gasteiger partial charge in [-0.05, 0) is 53.4 Å². The Morgan fingerprint density at radius 1 is 1.12 bits per heavy atom. The number of ether oxygens (including phenoxy) is 1. The van der Waals surface area contributed by atoms with E-state index in [4.69, 9.17) is 22.8 Å².